The molecule has 17 heteroatoms. The number of carbonyl (C=O) groups is 3. The Kier molecular flexibility index (Phi) is 12.2. The number of fused-ring (bicyclic) bond motifs is 6. The van der Waals surface area contributed by atoms with Gasteiger partial charge in [0.25, 0.3) is 11.8 Å². The molecule has 2 aromatic heterocycles. The van der Waals surface area contributed by atoms with Crippen molar-refractivity contribution in [2.24, 2.45) is 0 Å². The van der Waals surface area contributed by atoms with Gasteiger partial charge in [-0.2, -0.15) is 0 Å². The summed E-state index contributed by atoms with van der Waals surface area (Å²) >= 11 is 3.51. The van der Waals surface area contributed by atoms with Crippen molar-refractivity contribution in [1.82, 2.24) is 19.2 Å². The number of amides is 2. The zero-order chi connectivity index (χ0) is 45.4. The molecule has 15 nitrogen and oxygen atoms in total. The molecular formula is C48H44N6O9S2. The molecule has 2 unspecified atom stereocenters. The molecule has 0 saturated heterocycles. The fourth-order valence-electron chi connectivity index (χ4n) is 8.78. The Morgan fingerprint density at radius 1 is 0.600 bits per heavy atom. The quantitative estimate of drug-likeness (QED) is 0.179. The summed E-state index contributed by atoms with van der Waals surface area (Å²) in [5.74, 6) is -0.977. The maximum atomic E-state index is 13.3. The molecule has 6 heterocycles. The van der Waals surface area contributed by atoms with Crippen LogP contribution in [-0.4, -0.2) is 91.9 Å². The second kappa shape index (κ2) is 18.3. The minimum atomic E-state index is -0.626. The van der Waals surface area contributed by atoms with Crippen molar-refractivity contribution in [3.63, 3.8) is 0 Å². The number of aromatic nitrogens is 2. The van der Waals surface area contributed by atoms with Gasteiger partial charge in [-0.3, -0.25) is 43.3 Å². The Hall–Kier alpha value is -6.95. The fraction of sp³-hybridized carbons (Fsp3) is 0.229. The maximum Gasteiger partial charge on any atom is 0.302 e. The molecule has 0 fully saturated rings. The summed E-state index contributed by atoms with van der Waals surface area (Å²) in [6.07, 6.45) is 3.07. The SMILES string of the molecule is CC(=O)OCCN1CN(C2c3ccccc3CSc3ccccc32)n2ccc(=O)c(O)c2C1=O.O=C1c2c(O)c(=O)ccn2N(C2c3ccccc3CSc3ccccc32)CN1CCO. The number of pyridine rings is 2. The number of rotatable bonds is 7. The highest BCUT2D eigenvalue weighted by molar-refractivity contribution is 7.98. The number of esters is 1. The van der Waals surface area contributed by atoms with E-state index in [1.807, 2.05) is 58.5 Å². The summed E-state index contributed by atoms with van der Waals surface area (Å²) in [4.78, 5) is 67.2. The first kappa shape index (κ1) is 43.3. The molecule has 2 atom stereocenters. The van der Waals surface area contributed by atoms with Crippen molar-refractivity contribution >= 4 is 41.3 Å². The molecule has 10 rings (SSSR count). The lowest BCUT2D eigenvalue weighted by Gasteiger charge is -2.44. The molecule has 332 valence electrons. The second-order valence-electron chi connectivity index (χ2n) is 15.7. The fourth-order valence-corrected chi connectivity index (χ4v) is 11.0. The monoisotopic (exact) mass is 912 g/mol. The number of carbonyl (C=O) groups excluding carboxylic acids is 3. The number of thioether (sulfide) groups is 2. The second-order valence-corrected chi connectivity index (χ2v) is 17.7. The number of aliphatic hydroxyl groups is 1. The van der Waals surface area contributed by atoms with E-state index in [-0.39, 0.29) is 63.1 Å². The van der Waals surface area contributed by atoms with Gasteiger partial charge in [-0.15, -0.1) is 23.5 Å². The molecule has 0 spiro atoms. The van der Waals surface area contributed by atoms with Crippen molar-refractivity contribution in [2.75, 3.05) is 49.7 Å². The van der Waals surface area contributed by atoms with E-state index in [0.29, 0.717) is 0 Å². The molecule has 0 bridgehead atoms. The minimum absolute atomic E-state index is 0.0143. The predicted octanol–water partition coefficient (Wildman–Crippen LogP) is 5.16. The highest BCUT2D eigenvalue weighted by Gasteiger charge is 2.40. The number of aromatic hydroxyl groups is 2. The molecule has 65 heavy (non-hydrogen) atoms. The smallest absolute Gasteiger partial charge is 0.302 e. The third-order valence-corrected chi connectivity index (χ3v) is 14.1. The first-order valence-corrected chi connectivity index (χ1v) is 22.9. The highest BCUT2D eigenvalue weighted by atomic mass is 32.2. The van der Waals surface area contributed by atoms with Crippen molar-refractivity contribution < 1.29 is 34.4 Å². The van der Waals surface area contributed by atoms with E-state index in [4.69, 9.17) is 4.74 Å². The van der Waals surface area contributed by atoms with Crippen LogP contribution in [0.3, 0.4) is 0 Å². The third-order valence-electron chi connectivity index (χ3n) is 11.8. The zero-order valence-electron chi connectivity index (χ0n) is 35.1. The van der Waals surface area contributed by atoms with E-state index < -0.39 is 40.1 Å². The summed E-state index contributed by atoms with van der Waals surface area (Å²) in [5, 5.41) is 34.5. The maximum absolute atomic E-state index is 13.3. The van der Waals surface area contributed by atoms with E-state index in [1.54, 1.807) is 32.9 Å². The first-order valence-electron chi connectivity index (χ1n) is 20.9. The van der Waals surface area contributed by atoms with Crippen LogP contribution in [0.15, 0.2) is 141 Å². The average molecular weight is 913 g/mol. The summed E-state index contributed by atoms with van der Waals surface area (Å²) in [6, 6.07) is 34.6. The largest absolute Gasteiger partial charge is 0.502 e. The van der Waals surface area contributed by atoms with Crippen LogP contribution in [0.1, 0.15) is 73.4 Å². The van der Waals surface area contributed by atoms with E-state index in [9.17, 15) is 39.3 Å². The van der Waals surface area contributed by atoms with Gasteiger partial charge in [-0.1, -0.05) is 84.9 Å². The normalized spacial score (nSPS) is 17.2. The zero-order valence-corrected chi connectivity index (χ0v) is 36.8. The van der Waals surface area contributed by atoms with E-state index >= 15 is 0 Å². The van der Waals surface area contributed by atoms with Crippen LogP contribution in [0.2, 0.25) is 0 Å². The summed E-state index contributed by atoms with van der Waals surface area (Å²) < 4.78 is 8.23. The van der Waals surface area contributed by atoms with Gasteiger partial charge in [0.1, 0.15) is 19.9 Å². The van der Waals surface area contributed by atoms with Crippen LogP contribution in [0, 0.1) is 0 Å². The van der Waals surface area contributed by atoms with Crippen LogP contribution in [-0.2, 0) is 21.0 Å². The van der Waals surface area contributed by atoms with Gasteiger partial charge < -0.3 is 29.9 Å². The number of aliphatic hydroxyl groups excluding tert-OH is 1. The molecule has 2 amide bonds. The number of benzene rings is 4. The minimum Gasteiger partial charge on any atom is -0.502 e. The Bertz CT molecular complexity index is 2860. The summed E-state index contributed by atoms with van der Waals surface area (Å²) in [7, 11) is 0. The van der Waals surface area contributed by atoms with Crippen molar-refractivity contribution in [2.45, 2.75) is 40.3 Å². The van der Waals surface area contributed by atoms with Crippen molar-refractivity contribution in [3.8, 4) is 11.5 Å². The molecule has 3 N–H and O–H groups in total. The van der Waals surface area contributed by atoms with E-state index in [1.165, 1.54) is 52.4 Å². The molecule has 6 aromatic rings. The summed E-state index contributed by atoms with van der Waals surface area (Å²) in [5.41, 5.74) is 5.26. The van der Waals surface area contributed by atoms with Gasteiger partial charge in [0.2, 0.25) is 10.9 Å². The lowest BCUT2D eigenvalue weighted by atomic mass is 9.94. The predicted molar refractivity (Wildman–Crippen MR) is 245 cm³/mol. The van der Waals surface area contributed by atoms with Crippen molar-refractivity contribution in [3.05, 3.63) is 187 Å². The molecule has 0 aliphatic carbocycles. The van der Waals surface area contributed by atoms with E-state index in [0.717, 1.165) is 43.6 Å². The van der Waals surface area contributed by atoms with Gasteiger partial charge in [-0.05, 0) is 45.5 Å². The lowest BCUT2D eigenvalue weighted by Crippen LogP contribution is -2.56. The number of nitrogens with zero attached hydrogens (tertiary/aromatic N) is 6. The number of β-amino-alcohol motifs (C(OH)–C–C–N with tert-alkyl or cyclic N) is 1. The average Bonchev–Trinajstić information content (AvgIpc) is 3.59. The lowest BCUT2D eigenvalue weighted by molar-refractivity contribution is -0.141. The Morgan fingerprint density at radius 3 is 1.46 bits per heavy atom. The third kappa shape index (κ3) is 8.11. The summed E-state index contributed by atoms with van der Waals surface area (Å²) in [6.45, 7) is 1.71. The number of hydrogen-bond donors (Lipinski definition) is 3. The number of ether oxygens (including phenoxy) is 1. The van der Waals surface area contributed by atoms with Crippen LogP contribution >= 0.6 is 23.5 Å². The van der Waals surface area contributed by atoms with Crippen LogP contribution < -0.4 is 20.9 Å². The topological polar surface area (TPSA) is 178 Å². The Labute approximate surface area is 381 Å². The van der Waals surface area contributed by atoms with Gasteiger partial charge >= 0.3 is 5.97 Å². The van der Waals surface area contributed by atoms with Gasteiger partial charge in [0.15, 0.2) is 22.9 Å². The molecule has 0 saturated carbocycles. The molecule has 0 radical (unpaired) electrons. The molecule has 4 aliphatic rings. The van der Waals surface area contributed by atoms with Gasteiger partial charge in [0, 0.05) is 59.3 Å². The van der Waals surface area contributed by atoms with Crippen molar-refractivity contribution in [1.29, 1.82) is 0 Å². The highest BCUT2D eigenvalue weighted by Crippen LogP contribution is 2.44. The van der Waals surface area contributed by atoms with Crippen LogP contribution in [0.5, 0.6) is 11.5 Å². The Balaban J connectivity index is 0.000000165. The van der Waals surface area contributed by atoms with E-state index in [2.05, 4.69) is 48.5 Å². The van der Waals surface area contributed by atoms with Gasteiger partial charge in [0.05, 0.1) is 25.2 Å². The molecule has 4 aliphatic heterocycles. The van der Waals surface area contributed by atoms with Crippen LogP contribution in [0.4, 0.5) is 0 Å². The Morgan fingerprint density at radius 2 is 1.02 bits per heavy atom. The first-order chi connectivity index (χ1) is 31.5. The standard InChI is InChI=1S/C25H23N3O5S.C23H21N3O4S/c1-16(29)33-13-12-26-15-28(27-11-10-20(30)24(31)23(27)25(26)32)22-18-7-3-2-6-17(18)14-34-21-9-5-4-8-19(21)22;27-12-11-24-14-26(25-10-9-18(28)22(29)21(25)23(24)30)20-16-6-2-1-5-15(16)13-31-19-8-4-3-7-17(19)20/h2-11,22,31H,12-15H2,1H3;1-10,20,27,29H,11-14H2. The number of hydrogen-bond acceptors (Lipinski definition) is 13. The molecule has 4 aromatic carbocycles. The van der Waals surface area contributed by atoms with Gasteiger partial charge in [-0.25, -0.2) is 0 Å². The molecular weight excluding hydrogens is 869 g/mol. The van der Waals surface area contributed by atoms with Crippen LogP contribution in [0.25, 0.3) is 0 Å².